The highest BCUT2D eigenvalue weighted by Crippen LogP contribution is 2.50. The molecule has 23 heteroatoms. The van der Waals surface area contributed by atoms with E-state index in [4.69, 9.17) is 81.2 Å². The van der Waals surface area contributed by atoms with Crippen LogP contribution in [0.5, 0.6) is 0 Å². The fourth-order valence-electron chi connectivity index (χ4n) is 16.7. The molecule has 0 aliphatic heterocycles. The zero-order valence-corrected chi connectivity index (χ0v) is 90.3. The Labute approximate surface area is 879 Å². The molecule has 8 heterocycles. The summed E-state index contributed by atoms with van der Waals surface area (Å²) < 4.78 is 40.5. The van der Waals surface area contributed by atoms with E-state index in [1.807, 2.05) is 91.0 Å². The number of aryl methyl sites for hydroxylation is 1. The van der Waals surface area contributed by atoms with E-state index in [0.717, 1.165) is 81.6 Å². The van der Waals surface area contributed by atoms with Crippen molar-refractivity contribution in [3.63, 3.8) is 0 Å². The van der Waals surface area contributed by atoms with E-state index in [-0.39, 0.29) is 5.82 Å². The molecule has 0 fully saturated rings. The highest BCUT2D eigenvalue weighted by molar-refractivity contribution is 9.11. The number of para-hydroxylation sites is 2. The smallest absolute Gasteiger partial charge is 0.125 e. The molecule has 0 unspecified atom stereocenters. The highest BCUT2D eigenvalue weighted by atomic mass is 79.9. The Morgan fingerprint density at radius 3 is 1.26 bits per heavy atom. The second-order valence-electron chi connectivity index (χ2n) is 30.8. The van der Waals surface area contributed by atoms with Gasteiger partial charge in [0.2, 0.25) is 0 Å². The molecule has 0 saturated heterocycles. The predicted octanol–water partition coefficient (Wildman–Crippen LogP) is 45.2. The van der Waals surface area contributed by atoms with Crippen LogP contribution in [0.1, 0.15) is 5.56 Å². The molecule has 8 aromatic heterocycles. The van der Waals surface area contributed by atoms with Gasteiger partial charge in [-0.2, -0.15) is 0 Å². The molecule has 0 N–H and O–H groups in total. The van der Waals surface area contributed by atoms with Crippen LogP contribution in [0.25, 0.3) is 191 Å². The Kier molecular flexibility index (Phi) is 27.7. The van der Waals surface area contributed by atoms with Crippen molar-refractivity contribution in [2.24, 2.45) is 0 Å². The standard InChI is InChI=1S/C30H17BrClNS.C18H10BrClS.C13H8BrClS.C12H5BrClFS.3C12H6BrClS/c31-26-15-19(14-25-24-13-11-20(32)17-29(24)34-30(25)26)18-10-12-23-22-8-4-5-9-27(22)33(28(23)16-18)21-6-2-1-3-7-21;19-15-9-8-13(11-4-2-1-3-5-11)17-14-7-6-12(20)10-16(14)21-18(15)17;1-7-5-8(15)6-11-12(7)9-3-2-4-10(14)13(9)16-11;13-10-5-7(15)4-9-8-2-1-6(14)3-11(8)16-12(9)10;13-9-5-1-3-7-8-4-2-6-10(14)12(8)15-11(7)9;13-10-3-1-2-9-8-5-4-7(14)6-11(8)15-12(9)10;13-10-3-1-2-8-9-6-7(14)4-5-11(9)15-12(8)10/h1-17H;1-10H;2-6H,1H3;1-5H;3*1-6H. The van der Waals surface area contributed by atoms with Gasteiger partial charge in [-0.3, -0.25) is 0 Å². The molecule has 0 saturated carbocycles. The fraction of sp³-hybridized carbons (Fsp3) is 0.00917. The van der Waals surface area contributed by atoms with E-state index in [2.05, 4.69) is 354 Å². The van der Waals surface area contributed by atoms with Crippen molar-refractivity contribution in [2.75, 3.05) is 0 Å². The minimum atomic E-state index is -0.228. The lowest BCUT2D eigenvalue weighted by atomic mass is 10.00. The molecule has 0 spiro atoms. The van der Waals surface area contributed by atoms with Crippen molar-refractivity contribution >= 4 is 435 Å². The Bertz CT molecular complexity index is 8970. The van der Waals surface area contributed by atoms with E-state index < -0.39 is 0 Å². The van der Waals surface area contributed by atoms with Gasteiger partial charge in [0.1, 0.15) is 5.82 Å². The summed E-state index contributed by atoms with van der Waals surface area (Å²) in [4.78, 5) is 0. The van der Waals surface area contributed by atoms with Crippen LogP contribution in [-0.2, 0) is 0 Å². The molecule has 132 heavy (non-hydrogen) atoms. The van der Waals surface area contributed by atoms with Gasteiger partial charge in [0, 0.05) is 210 Å². The Balaban J connectivity index is 0.0000000986. The summed E-state index contributed by atoms with van der Waals surface area (Å²) in [6.45, 7) is 2.11. The average Bonchev–Trinajstić information content (AvgIpc) is 1.58. The summed E-state index contributed by atoms with van der Waals surface area (Å²) in [6, 6.07) is 114. The Hall–Kier alpha value is -7.38. The minimum Gasteiger partial charge on any atom is -0.309 e. The van der Waals surface area contributed by atoms with Gasteiger partial charge >= 0.3 is 0 Å². The minimum absolute atomic E-state index is 0.228. The summed E-state index contributed by atoms with van der Waals surface area (Å²) in [5.41, 5.74) is 9.74. The quantitative estimate of drug-likeness (QED) is 0.166. The van der Waals surface area contributed by atoms with Crippen molar-refractivity contribution in [3.8, 4) is 27.9 Å². The fourth-order valence-corrected chi connectivity index (χ4v) is 30.9. The number of halogens is 15. The first-order valence-corrected chi connectivity index (χ1v) is 54.7. The number of fused-ring (bicyclic) bond motifs is 24. The molecule has 646 valence electrons. The normalized spacial score (nSPS) is 11.5. The molecule has 26 rings (SSSR count). The zero-order chi connectivity index (χ0) is 91.0. The molecular weight excluding hydrogens is 2370 g/mol. The van der Waals surface area contributed by atoms with Gasteiger partial charge in [0.25, 0.3) is 0 Å². The second-order valence-corrected chi connectivity index (χ2v) is 47.1. The van der Waals surface area contributed by atoms with Crippen LogP contribution < -0.4 is 0 Å². The molecular formula is C109H58Br7Cl7FNS7. The third-order valence-corrected chi connectivity index (χ3v) is 39.2. The second kappa shape index (κ2) is 39.6. The number of rotatable bonds is 3. The third-order valence-electron chi connectivity index (χ3n) is 22.5. The Morgan fingerprint density at radius 2 is 0.644 bits per heavy atom. The SMILES string of the molecule is Cc1cc(Cl)cc2sc3c(Br)cccc3c12.Clc1ccc2c(c1)sc1c(Br)cc(-c3ccc4c5ccccc5n(-c5ccccc5)c4c3)cc12.Clc1ccc2c(c1)sc1c(Br)ccc(-c3ccccc3)c12.Clc1ccc2c(c1)sc1c(Br)cccc12.Clc1ccc2sc3c(Br)cccc3c2c1.Clc1cccc2c1sc1c(Br)cccc12.Fc1cc(Br)c2sc3cc(Cl)ccc3c2c1. The van der Waals surface area contributed by atoms with Gasteiger partial charge in [-0.05, 0) is 310 Å². The molecule has 26 aromatic rings. The molecule has 0 bridgehead atoms. The van der Waals surface area contributed by atoms with Gasteiger partial charge in [0.05, 0.1) is 25.5 Å². The number of hydrogen-bond acceptors (Lipinski definition) is 7. The molecule has 1 nitrogen and oxygen atoms in total. The van der Waals surface area contributed by atoms with E-state index in [1.54, 1.807) is 85.4 Å². The number of aromatic nitrogens is 1. The van der Waals surface area contributed by atoms with Crippen LogP contribution in [0.4, 0.5) is 4.39 Å². The summed E-state index contributed by atoms with van der Waals surface area (Å²) in [5.74, 6) is -0.228. The van der Waals surface area contributed by atoms with E-state index >= 15 is 0 Å². The maximum absolute atomic E-state index is 13.3. The van der Waals surface area contributed by atoms with Gasteiger partial charge in [-0.15, -0.1) is 79.4 Å². The van der Waals surface area contributed by atoms with Crippen molar-refractivity contribution in [2.45, 2.75) is 6.92 Å². The van der Waals surface area contributed by atoms with Crippen molar-refractivity contribution in [1.82, 2.24) is 4.57 Å². The van der Waals surface area contributed by atoms with Gasteiger partial charge in [0.15, 0.2) is 0 Å². The number of hydrogen-bond donors (Lipinski definition) is 0. The number of benzene rings is 18. The maximum atomic E-state index is 13.3. The lowest BCUT2D eigenvalue weighted by molar-refractivity contribution is 0.629. The zero-order valence-electron chi connectivity index (χ0n) is 68.2. The first-order chi connectivity index (χ1) is 64.0. The highest BCUT2D eigenvalue weighted by Gasteiger charge is 2.21. The van der Waals surface area contributed by atoms with E-state index in [0.29, 0.717) is 5.02 Å². The maximum Gasteiger partial charge on any atom is 0.125 e. The summed E-state index contributed by atoms with van der Waals surface area (Å²) in [5, 5.41) is 25.3. The molecule has 0 aliphatic carbocycles. The monoisotopic (exact) mass is 2420 g/mol. The summed E-state index contributed by atoms with van der Waals surface area (Å²) in [6.07, 6.45) is 0. The van der Waals surface area contributed by atoms with Crippen molar-refractivity contribution in [1.29, 1.82) is 0 Å². The Morgan fingerprint density at radius 1 is 0.227 bits per heavy atom. The lowest BCUT2D eigenvalue weighted by Gasteiger charge is -2.09. The van der Waals surface area contributed by atoms with Crippen LogP contribution in [0.2, 0.25) is 35.2 Å². The van der Waals surface area contributed by atoms with Gasteiger partial charge in [-0.1, -0.05) is 251 Å². The number of thiophene rings is 7. The van der Waals surface area contributed by atoms with Crippen LogP contribution in [0.3, 0.4) is 0 Å². The first kappa shape index (κ1) is 92.3. The van der Waals surface area contributed by atoms with Crippen LogP contribution in [0, 0.1) is 12.7 Å². The number of nitrogens with zero attached hydrogens (tertiary/aromatic N) is 1. The van der Waals surface area contributed by atoms with Crippen molar-refractivity contribution in [3.05, 3.63) is 411 Å². The van der Waals surface area contributed by atoms with Gasteiger partial charge in [-0.25, -0.2) is 4.39 Å². The first-order valence-electron chi connectivity index (χ1n) is 40.8. The average molecular weight is 2430 g/mol. The molecule has 0 atom stereocenters. The molecule has 0 amide bonds. The van der Waals surface area contributed by atoms with Crippen LogP contribution >= 0.6 is 272 Å². The van der Waals surface area contributed by atoms with Gasteiger partial charge < -0.3 is 4.57 Å². The topological polar surface area (TPSA) is 4.93 Å². The lowest BCUT2D eigenvalue weighted by Crippen LogP contribution is -1.93. The van der Waals surface area contributed by atoms with Crippen molar-refractivity contribution < 1.29 is 4.39 Å². The largest absolute Gasteiger partial charge is 0.309 e. The molecule has 0 aliphatic rings. The summed E-state index contributed by atoms with van der Waals surface area (Å²) >= 11 is 80.0. The van der Waals surface area contributed by atoms with Crippen LogP contribution in [-0.4, -0.2) is 4.57 Å². The van der Waals surface area contributed by atoms with E-state index in [9.17, 15) is 4.39 Å². The molecule has 18 aromatic carbocycles. The third kappa shape index (κ3) is 18.6. The van der Waals surface area contributed by atoms with E-state index in [1.165, 1.54) is 182 Å². The van der Waals surface area contributed by atoms with Crippen LogP contribution in [0.15, 0.2) is 365 Å². The summed E-state index contributed by atoms with van der Waals surface area (Å²) in [7, 11) is 0. The molecule has 0 radical (unpaired) electrons. The predicted molar refractivity (Wildman–Crippen MR) is 614 cm³/mol.